The molecule has 0 saturated carbocycles. The molecule has 4 amide bonds. The number of nitrogens with one attached hydrogen (secondary N) is 1. The SMILES string of the molecule is CCOc1cc(Cl)c(/C=C2\C(=O)NC(=O)N(c3ccc(Br)cc3)C2=O)cc1OCC. The fourth-order valence-corrected chi connectivity index (χ4v) is 3.31. The second-order valence-electron chi connectivity index (χ2n) is 6.12. The van der Waals surface area contributed by atoms with Crippen molar-refractivity contribution in [2.75, 3.05) is 18.1 Å². The first-order valence-electron chi connectivity index (χ1n) is 9.11. The van der Waals surface area contributed by atoms with Crippen molar-refractivity contribution in [2.45, 2.75) is 13.8 Å². The number of ether oxygens (including phenoxy) is 2. The normalized spacial score (nSPS) is 15.4. The Morgan fingerprint density at radius 2 is 1.63 bits per heavy atom. The van der Waals surface area contributed by atoms with Crippen LogP contribution in [0.2, 0.25) is 5.02 Å². The number of hydrogen-bond donors (Lipinski definition) is 1. The maximum atomic E-state index is 13.0. The third-order valence-corrected chi connectivity index (χ3v) is 5.01. The molecule has 1 aliphatic rings. The van der Waals surface area contributed by atoms with Crippen LogP contribution >= 0.6 is 27.5 Å². The zero-order valence-corrected chi connectivity index (χ0v) is 18.5. The Morgan fingerprint density at radius 1 is 1.03 bits per heavy atom. The van der Waals surface area contributed by atoms with Crippen LogP contribution < -0.4 is 19.7 Å². The minimum Gasteiger partial charge on any atom is -0.490 e. The molecule has 2 aromatic carbocycles. The lowest BCUT2D eigenvalue weighted by Gasteiger charge is -2.26. The van der Waals surface area contributed by atoms with Crippen LogP contribution in [0.4, 0.5) is 10.5 Å². The standard InChI is InChI=1S/C21H18BrClN2O5/c1-3-29-17-10-12(16(23)11-18(17)30-4-2)9-15-19(26)24-21(28)25(20(15)27)14-7-5-13(22)6-8-14/h5-11H,3-4H2,1-2H3,(H,24,26,28)/b15-9+. The summed E-state index contributed by atoms with van der Waals surface area (Å²) in [6.07, 6.45) is 1.33. The first-order valence-corrected chi connectivity index (χ1v) is 10.3. The zero-order chi connectivity index (χ0) is 21.8. The van der Waals surface area contributed by atoms with Gasteiger partial charge in [0.2, 0.25) is 0 Å². The first kappa shape index (κ1) is 21.9. The number of halogens is 2. The molecule has 0 radical (unpaired) electrons. The monoisotopic (exact) mass is 492 g/mol. The van der Waals surface area contributed by atoms with Crippen LogP contribution in [0.5, 0.6) is 11.5 Å². The smallest absolute Gasteiger partial charge is 0.335 e. The largest absolute Gasteiger partial charge is 0.490 e. The van der Waals surface area contributed by atoms with E-state index in [-0.39, 0.29) is 10.6 Å². The molecule has 1 heterocycles. The third-order valence-electron chi connectivity index (χ3n) is 4.15. The predicted octanol–water partition coefficient (Wildman–Crippen LogP) is 4.57. The number of amides is 4. The quantitative estimate of drug-likeness (QED) is 0.471. The fourth-order valence-electron chi connectivity index (χ4n) is 2.84. The lowest BCUT2D eigenvalue weighted by Crippen LogP contribution is -2.54. The van der Waals surface area contributed by atoms with E-state index in [9.17, 15) is 14.4 Å². The minimum absolute atomic E-state index is 0.231. The molecular weight excluding hydrogens is 476 g/mol. The molecule has 7 nitrogen and oxygen atoms in total. The molecule has 1 saturated heterocycles. The molecule has 2 aromatic rings. The van der Waals surface area contributed by atoms with E-state index in [0.717, 1.165) is 9.37 Å². The number of imide groups is 2. The van der Waals surface area contributed by atoms with Crippen LogP contribution in [0.15, 0.2) is 46.4 Å². The van der Waals surface area contributed by atoms with E-state index in [4.69, 9.17) is 21.1 Å². The topological polar surface area (TPSA) is 84.9 Å². The summed E-state index contributed by atoms with van der Waals surface area (Å²) >= 11 is 9.65. The van der Waals surface area contributed by atoms with E-state index in [1.54, 1.807) is 36.4 Å². The highest BCUT2D eigenvalue weighted by atomic mass is 79.9. The molecule has 3 rings (SSSR count). The molecule has 0 aliphatic carbocycles. The average molecular weight is 494 g/mol. The Morgan fingerprint density at radius 3 is 2.23 bits per heavy atom. The summed E-state index contributed by atoms with van der Waals surface area (Å²) in [6.45, 7) is 4.46. The number of urea groups is 1. The number of benzene rings is 2. The van der Waals surface area contributed by atoms with Crippen molar-refractivity contribution < 1.29 is 23.9 Å². The van der Waals surface area contributed by atoms with Crippen LogP contribution in [0.1, 0.15) is 19.4 Å². The van der Waals surface area contributed by atoms with Gasteiger partial charge < -0.3 is 9.47 Å². The summed E-state index contributed by atoms with van der Waals surface area (Å²) in [6, 6.07) is 8.88. The molecule has 1 fully saturated rings. The number of barbiturate groups is 1. The number of nitrogens with zero attached hydrogens (tertiary/aromatic N) is 1. The van der Waals surface area contributed by atoms with Gasteiger partial charge in [0.1, 0.15) is 5.57 Å². The molecule has 0 unspecified atom stereocenters. The molecule has 0 bridgehead atoms. The number of rotatable bonds is 6. The van der Waals surface area contributed by atoms with Gasteiger partial charge in [-0.3, -0.25) is 14.9 Å². The van der Waals surface area contributed by atoms with Gasteiger partial charge in [-0.15, -0.1) is 0 Å². The van der Waals surface area contributed by atoms with Crippen LogP contribution in [0.25, 0.3) is 6.08 Å². The van der Waals surface area contributed by atoms with E-state index >= 15 is 0 Å². The van der Waals surface area contributed by atoms with E-state index in [0.29, 0.717) is 36.0 Å². The summed E-state index contributed by atoms with van der Waals surface area (Å²) in [4.78, 5) is 38.6. The van der Waals surface area contributed by atoms with E-state index in [1.165, 1.54) is 6.08 Å². The highest BCUT2D eigenvalue weighted by molar-refractivity contribution is 9.10. The van der Waals surface area contributed by atoms with Gasteiger partial charge in [0.15, 0.2) is 11.5 Å². The van der Waals surface area contributed by atoms with Gasteiger partial charge in [0, 0.05) is 10.5 Å². The van der Waals surface area contributed by atoms with Crippen LogP contribution in [0.3, 0.4) is 0 Å². The molecular formula is C21H18BrClN2O5. The second-order valence-corrected chi connectivity index (χ2v) is 7.44. The lowest BCUT2D eigenvalue weighted by molar-refractivity contribution is -0.122. The first-order chi connectivity index (χ1) is 14.3. The third kappa shape index (κ3) is 4.49. The highest BCUT2D eigenvalue weighted by Gasteiger charge is 2.37. The summed E-state index contributed by atoms with van der Waals surface area (Å²) in [5, 5.41) is 2.45. The second kappa shape index (κ2) is 9.32. The zero-order valence-electron chi connectivity index (χ0n) is 16.2. The number of carbonyl (C=O) groups excluding carboxylic acids is 3. The average Bonchev–Trinajstić information content (AvgIpc) is 2.69. The van der Waals surface area contributed by atoms with Gasteiger partial charge in [-0.1, -0.05) is 27.5 Å². The molecule has 30 heavy (non-hydrogen) atoms. The molecule has 1 aliphatic heterocycles. The van der Waals surface area contributed by atoms with Crippen molar-refractivity contribution in [2.24, 2.45) is 0 Å². The van der Waals surface area contributed by atoms with Crippen LogP contribution in [-0.2, 0) is 9.59 Å². The summed E-state index contributed by atoms with van der Waals surface area (Å²) < 4.78 is 11.9. The van der Waals surface area contributed by atoms with Gasteiger partial charge in [-0.25, -0.2) is 9.69 Å². The lowest BCUT2D eigenvalue weighted by atomic mass is 10.1. The van der Waals surface area contributed by atoms with Crippen LogP contribution in [-0.4, -0.2) is 31.1 Å². The molecule has 9 heteroatoms. The van der Waals surface area contributed by atoms with Gasteiger partial charge >= 0.3 is 6.03 Å². The summed E-state index contributed by atoms with van der Waals surface area (Å²) in [5.74, 6) is -0.673. The molecule has 0 atom stereocenters. The van der Waals surface area contributed by atoms with Gasteiger partial charge in [-0.05, 0) is 55.8 Å². The van der Waals surface area contributed by atoms with Crippen molar-refractivity contribution in [1.82, 2.24) is 5.32 Å². The van der Waals surface area contributed by atoms with Crippen molar-refractivity contribution in [3.8, 4) is 11.5 Å². The molecule has 1 N–H and O–H groups in total. The van der Waals surface area contributed by atoms with Crippen molar-refractivity contribution in [3.05, 3.63) is 57.0 Å². The van der Waals surface area contributed by atoms with Crippen LogP contribution in [0, 0.1) is 0 Å². The fraction of sp³-hybridized carbons (Fsp3) is 0.190. The van der Waals surface area contributed by atoms with E-state index in [2.05, 4.69) is 21.2 Å². The maximum Gasteiger partial charge on any atom is 0.335 e. The predicted molar refractivity (Wildman–Crippen MR) is 117 cm³/mol. The van der Waals surface area contributed by atoms with E-state index < -0.39 is 17.8 Å². The van der Waals surface area contributed by atoms with Gasteiger partial charge in [-0.2, -0.15) is 0 Å². The van der Waals surface area contributed by atoms with Crippen molar-refractivity contribution >= 4 is 57.1 Å². The molecule has 0 aromatic heterocycles. The Balaban J connectivity index is 2.03. The van der Waals surface area contributed by atoms with E-state index in [1.807, 2.05) is 13.8 Å². The highest BCUT2D eigenvalue weighted by Crippen LogP contribution is 2.35. The number of carbonyl (C=O) groups is 3. The van der Waals surface area contributed by atoms with Gasteiger partial charge in [0.25, 0.3) is 11.8 Å². The Labute approximate surface area is 186 Å². The maximum absolute atomic E-state index is 13.0. The minimum atomic E-state index is -0.822. The molecule has 156 valence electrons. The Bertz CT molecular complexity index is 1040. The summed E-state index contributed by atoms with van der Waals surface area (Å²) in [7, 11) is 0. The molecule has 0 spiro atoms. The number of anilines is 1. The van der Waals surface area contributed by atoms with Crippen molar-refractivity contribution in [1.29, 1.82) is 0 Å². The van der Waals surface area contributed by atoms with Crippen molar-refractivity contribution in [3.63, 3.8) is 0 Å². The Hall–Kier alpha value is -2.84. The Kier molecular flexibility index (Phi) is 6.79. The van der Waals surface area contributed by atoms with Gasteiger partial charge in [0.05, 0.1) is 23.9 Å². The number of hydrogen-bond acceptors (Lipinski definition) is 5. The summed E-state index contributed by atoms with van der Waals surface area (Å²) in [5.41, 5.74) is 0.477.